The van der Waals surface area contributed by atoms with Gasteiger partial charge in [-0.15, -0.1) is 0 Å². The second-order valence-corrected chi connectivity index (χ2v) is 14.9. The molecular formula is C28H56O12S2. The van der Waals surface area contributed by atoms with E-state index in [0.717, 1.165) is 31.8 Å². The van der Waals surface area contributed by atoms with E-state index in [4.69, 9.17) is 27.3 Å². The van der Waals surface area contributed by atoms with Crippen LogP contribution >= 0.6 is 0 Å². The van der Waals surface area contributed by atoms with Crippen molar-refractivity contribution in [2.45, 2.75) is 147 Å². The molecule has 6 atom stereocenters. The summed E-state index contributed by atoms with van der Waals surface area (Å²) in [6.07, 6.45) is 6.73. The quantitative estimate of drug-likeness (QED) is 0.0841. The number of ether oxygens (including phenoxy) is 4. The smallest absolute Gasteiger partial charge is 0.264 e. The van der Waals surface area contributed by atoms with Crippen molar-refractivity contribution in [2.75, 3.05) is 33.0 Å². The Bertz CT molecular complexity index is 925. The molecule has 0 bridgehead atoms. The third-order valence-corrected chi connectivity index (χ3v) is 8.25. The summed E-state index contributed by atoms with van der Waals surface area (Å²) < 4.78 is 81.2. The average Bonchev–Trinajstić information content (AvgIpc) is 3.17. The molecule has 0 aromatic carbocycles. The van der Waals surface area contributed by atoms with Crippen molar-refractivity contribution in [3.05, 3.63) is 0 Å². The van der Waals surface area contributed by atoms with E-state index >= 15 is 0 Å². The lowest BCUT2D eigenvalue weighted by Gasteiger charge is -2.28. The molecule has 0 aromatic heterocycles. The highest BCUT2D eigenvalue weighted by atomic mass is 32.2. The highest BCUT2D eigenvalue weighted by Crippen LogP contribution is 2.34. The number of hydrogen-bond donors (Lipinski definition) is 2. The number of aliphatic hydroxyl groups is 2. The van der Waals surface area contributed by atoms with Crippen LogP contribution in [0.4, 0.5) is 0 Å². The van der Waals surface area contributed by atoms with Gasteiger partial charge in [0.1, 0.15) is 25.1 Å². The molecule has 14 heteroatoms. The maximum absolute atomic E-state index is 12.2. The first kappa shape index (κ1) is 39.6. The van der Waals surface area contributed by atoms with E-state index in [0.29, 0.717) is 6.42 Å². The molecule has 0 radical (unpaired) electrons. The van der Waals surface area contributed by atoms with Crippen LogP contribution in [0.1, 0.15) is 104 Å². The van der Waals surface area contributed by atoms with E-state index in [1.165, 1.54) is 45.6 Å². The monoisotopic (exact) mass is 648 g/mol. The minimum Gasteiger partial charge on any atom is -0.390 e. The van der Waals surface area contributed by atoms with Gasteiger partial charge in [-0.2, -0.15) is 16.8 Å². The largest absolute Gasteiger partial charge is 0.390 e. The molecule has 1 rings (SSSR count). The van der Waals surface area contributed by atoms with Crippen LogP contribution in [0.5, 0.6) is 0 Å². The highest BCUT2D eigenvalue weighted by molar-refractivity contribution is 7.86. The zero-order chi connectivity index (χ0) is 31.8. The van der Waals surface area contributed by atoms with E-state index in [2.05, 4.69) is 6.92 Å². The predicted molar refractivity (Wildman–Crippen MR) is 159 cm³/mol. The van der Waals surface area contributed by atoms with Crippen LogP contribution in [0, 0.1) is 0 Å². The maximum Gasteiger partial charge on any atom is 0.264 e. The van der Waals surface area contributed by atoms with Crippen LogP contribution in [-0.2, 0) is 47.5 Å². The normalized spacial score (nSPS) is 22.2. The van der Waals surface area contributed by atoms with Crippen molar-refractivity contribution in [2.24, 2.45) is 0 Å². The summed E-state index contributed by atoms with van der Waals surface area (Å²) in [7, 11) is -6.60. The molecule has 252 valence electrons. The molecule has 12 nitrogen and oxygen atoms in total. The van der Waals surface area contributed by atoms with Crippen molar-refractivity contribution in [1.29, 1.82) is 0 Å². The van der Waals surface area contributed by atoms with Gasteiger partial charge in [0.15, 0.2) is 5.79 Å². The summed E-state index contributed by atoms with van der Waals surface area (Å²) in [6.45, 7) is 5.59. The van der Waals surface area contributed by atoms with Crippen molar-refractivity contribution in [3.63, 3.8) is 0 Å². The van der Waals surface area contributed by atoms with Crippen molar-refractivity contribution < 1.29 is 54.4 Å². The van der Waals surface area contributed by atoms with Crippen LogP contribution in [-0.4, -0.2) is 102 Å². The fourth-order valence-corrected chi connectivity index (χ4v) is 6.48. The Morgan fingerprint density at radius 1 is 0.738 bits per heavy atom. The van der Waals surface area contributed by atoms with Gasteiger partial charge in [-0.1, -0.05) is 58.3 Å². The number of hydrogen-bond acceptors (Lipinski definition) is 12. The van der Waals surface area contributed by atoms with Gasteiger partial charge in [-0.3, -0.25) is 8.37 Å². The van der Waals surface area contributed by atoms with E-state index in [-0.39, 0.29) is 44.9 Å². The van der Waals surface area contributed by atoms with Gasteiger partial charge < -0.3 is 29.2 Å². The summed E-state index contributed by atoms with van der Waals surface area (Å²) in [6, 6.07) is 0. The zero-order valence-electron chi connectivity index (χ0n) is 26.4. The van der Waals surface area contributed by atoms with E-state index in [1.807, 2.05) is 13.8 Å². The maximum atomic E-state index is 12.2. The molecule has 0 amide bonds. The standard InChI is InChI=1S/C28H56O12S2/c1-7-8-9-10-11-12-13-14-15-24-25(38-28(2,3)37-24)18-19-27(40-42(6,33)34)26(39-41(5,31)32)17-16-22(29)23(30)20-36-21-35-4/h22-27,29-30H,7-21H2,1-6H3/t22-,23-,24+,25-,26+,27+/m1/s1. The van der Waals surface area contributed by atoms with Crippen LogP contribution in [0.15, 0.2) is 0 Å². The average molecular weight is 649 g/mol. The molecular weight excluding hydrogens is 592 g/mol. The van der Waals surface area contributed by atoms with E-state index in [9.17, 15) is 27.0 Å². The van der Waals surface area contributed by atoms with Gasteiger partial charge >= 0.3 is 0 Å². The summed E-state index contributed by atoms with van der Waals surface area (Å²) in [4.78, 5) is 0. The Kier molecular flexibility index (Phi) is 18.7. The van der Waals surface area contributed by atoms with Crippen molar-refractivity contribution >= 4 is 20.2 Å². The van der Waals surface area contributed by atoms with Gasteiger partial charge in [0.05, 0.1) is 37.4 Å². The molecule has 1 aliphatic heterocycles. The lowest BCUT2D eigenvalue weighted by molar-refractivity contribution is -0.147. The Hall–Kier alpha value is -0.420. The molecule has 42 heavy (non-hydrogen) atoms. The minimum atomic E-state index is -4.02. The predicted octanol–water partition coefficient (Wildman–Crippen LogP) is 3.63. The van der Waals surface area contributed by atoms with Crippen LogP contribution in [0.2, 0.25) is 0 Å². The third-order valence-electron chi connectivity index (χ3n) is 7.06. The van der Waals surface area contributed by atoms with Crippen molar-refractivity contribution in [3.8, 4) is 0 Å². The van der Waals surface area contributed by atoms with Crippen LogP contribution < -0.4 is 0 Å². The summed E-state index contributed by atoms with van der Waals surface area (Å²) in [5, 5.41) is 20.5. The number of rotatable bonds is 25. The Labute approximate surface area is 254 Å². The molecule has 0 unspecified atom stereocenters. The second-order valence-electron chi connectivity index (χ2n) is 11.7. The molecule has 0 aromatic rings. The number of unbranched alkanes of at least 4 members (excludes halogenated alkanes) is 7. The Morgan fingerprint density at radius 2 is 1.24 bits per heavy atom. The lowest BCUT2D eigenvalue weighted by atomic mass is 9.96. The molecule has 2 N–H and O–H groups in total. The number of methoxy groups -OCH3 is 1. The highest BCUT2D eigenvalue weighted by Gasteiger charge is 2.42. The lowest BCUT2D eigenvalue weighted by Crippen LogP contribution is -2.38. The van der Waals surface area contributed by atoms with Gasteiger partial charge in [0.2, 0.25) is 0 Å². The molecule has 1 aliphatic rings. The van der Waals surface area contributed by atoms with Crippen LogP contribution in [0.3, 0.4) is 0 Å². The second kappa shape index (κ2) is 19.9. The minimum absolute atomic E-state index is 0.0718. The van der Waals surface area contributed by atoms with Crippen LogP contribution in [0.25, 0.3) is 0 Å². The SMILES string of the molecule is CCCCCCCCCC[C@@H]1OC(C)(C)O[C@@H]1CC[C@H](OS(C)(=O)=O)[C@H](CC[C@@H](O)[C@H](O)COCOC)OS(C)(=O)=O. The number of aliphatic hydroxyl groups excluding tert-OH is 2. The molecule has 0 aliphatic carbocycles. The van der Waals surface area contributed by atoms with E-state index in [1.54, 1.807) is 0 Å². The summed E-state index contributed by atoms with van der Waals surface area (Å²) >= 11 is 0. The Morgan fingerprint density at radius 3 is 1.76 bits per heavy atom. The van der Waals surface area contributed by atoms with Crippen molar-refractivity contribution in [1.82, 2.24) is 0 Å². The summed E-state index contributed by atoms with van der Waals surface area (Å²) in [5.41, 5.74) is 0. The van der Waals surface area contributed by atoms with Gasteiger partial charge in [0, 0.05) is 7.11 Å². The molecule has 1 fully saturated rings. The third kappa shape index (κ3) is 18.4. The van der Waals surface area contributed by atoms with Gasteiger partial charge in [-0.25, -0.2) is 0 Å². The first-order valence-electron chi connectivity index (χ1n) is 15.1. The molecule has 0 spiro atoms. The van der Waals surface area contributed by atoms with Gasteiger partial charge in [0.25, 0.3) is 20.2 Å². The summed E-state index contributed by atoms with van der Waals surface area (Å²) in [5.74, 6) is -0.809. The first-order valence-corrected chi connectivity index (χ1v) is 18.7. The topological polar surface area (TPSA) is 164 Å². The fourth-order valence-electron chi connectivity index (χ4n) is 5.14. The fraction of sp³-hybridized carbons (Fsp3) is 1.00. The Balaban J connectivity index is 2.87. The molecule has 1 saturated heterocycles. The first-order chi connectivity index (χ1) is 19.6. The zero-order valence-corrected chi connectivity index (χ0v) is 28.0. The van der Waals surface area contributed by atoms with Gasteiger partial charge in [-0.05, 0) is 46.0 Å². The molecule has 1 heterocycles. The molecule has 0 saturated carbocycles. The van der Waals surface area contributed by atoms with E-state index < -0.39 is 50.4 Å².